The fourth-order valence-electron chi connectivity index (χ4n) is 1.95. The van der Waals surface area contributed by atoms with E-state index in [-0.39, 0.29) is 5.54 Å². The van der Waals surface area contributed by atoms with Gasteiger partial charge in [0.2, 0.25) is 0 Å². The Morgan fingerprint density at radius 3 is 1.44 bits per heavy atom. The van der Waals surface area contributed by atoms with Gasteiger partial charge in [0.1, 0.15) is 5.84 Å². The number of amidine groups is 1. The first-order valence-corrected chi connectivity index (χ1v) is 6.44. The molecule has 0 amide bonds. The van der Waals surface area contributed by atoms with Crippen molar-refractivity contribution in [3.05, 3.63) is 0 Å². The van der Waals surface area contributed by atoms with Gasteiger partial charge < -0.3 is 4.90 Å². The Morgan fingerprint density at radius 2 is 1.25 bits per heavy atom. The lowest BCUT2D eigenvalue weighted by atomic mass is 10.1. The van der Waals surface area contributed by atoms with Crippen molar-refractivity contribution in [2.45, 2.75) is 79.9 Å². The summed E-state index contributed by atoms with van der Waals surface area (Å²) < 4.78 is 0. The first-order valence-electron chi connectivity index (χ1n) is 6.44. The zero-order valence-electron chi connectivity index (χ0n) is 12.6. The Bertz CT molecular complexity index is 224. The molecule has 0 aliphatic carbocycles. The van der Waals surface area contributed by atoms with E-state index in [9.17, 15) is 0 Å². The van der Waals surface area contributed by atoms with E-state index in [2.05, 4.69) is 67.2 Å². The van der Waals surface area contributed by atoms with Crippen molar-refractivity contribution in [1.29, 1.82) is 0 Å². The van der Waals surface area contributed by atoms with Crippen LogP contribution in [0.15, 0.2) is 4.99 Å². The van der Waals surface area contributed by atoms with Crippen molar-refractivity contribution in [3.63, 3.8) is 0 Å². The first-order chi connectivity index (χ1) is 7.06. The van der Waals surface area contributed by atoms with Crippen LogP contribution in [0.5, 0.6) is 0 Å². The molecule has 0 aliphatic rings. The van der Waals surface area contributed by atoms with Gasteiger partial charge in [-0.2, -0.15) is 0 Å². The van der Waals surface area contributed by atoms with Gasteiger partial charge in [-0.05, 0) is 48.5 Å². The molecule has 0 saturated carbocycles. The van der Waals surface area contributed by atoms with Gasteiger partial charge in [0.25, 0.3) is 0 Å². The van der Waals surface area contributed by atoms with Crippen LogP contribution in [0.2, 0.25) is 0 Å². The van der Waals surface area contributed by atoms with Gasteiger partial charge in [-0.1, -0.05) is 13.8 Å². The highest BCUT2D eigenvalue weighted by Crippen LogP contribution is 2.17. The maximum atomic E-state index is 4.89. The second-order valence-electron chi connectivity index (χ2n) is 6.39. The van der Waals surface area contributed by atoms with Crippen molar-refractivity contribution >= 4 is 5.84 Å². The molecule has 0 bridgehead atoms. The van der Waals surface area contributed by atoms with Crippen LogP contribution < -0.4 is 0 Å². The first kappa shape index (κ1) is 15.5. The van der Waals surface area contributed by atoms with Crippen LogP contribution in [0.1, 0.15) is 62.3 Å². The van der Waals surface area contributed by atoms with Gasteiger partial charge in [-0.3, -0.25) is 4.99 Å². The Hall–Kier alpha value is -0.530. The third-order valence-corrected chi connectivity index (χ3v) is 2.34. The molecule has 96 valence electrons. The molecule has 0 atom stereocenters. The van der Waals surface area contributed by atoms with Crippen molar-refractivity contribution in [2.75, 3.05) is 0 Å². The Labute approximate surface area is 102 Å². The number of hydrogen-bond acceptors (Lipinski definition) is 1. The van der Waals surface area contributed by atoms with E-state index >= 15 is 0 Å². The summed E-state index contributed by atoms with van der Waals surface area (Å²) in [5.41, 5.74) is 0.00162. The van der Waals surface area contributed by atoms with Crippen LogP contribution >= 0.6 is 0 Å². The van der Waals surface area contributed by atoms with Crippen LogP contribution in [0.3, 0.4) is 0 Å². The maximum absolute atomic E-state index is 4.89. The van der Waals surface area contributed by atoms with Gasteiger partial charge in [-0.25, -0.2) is 0 Å². The van der Waals surface area contributed by atoms with E-state index in [0.717, 1.165) is 0 Å². The van der Waals surface area contributed by atoms with Gasteiger partial charge in [0.15, 0.2) is 0 Å². The van der Waals surface area contributed by atoms with Crippen molar-refractivity contribution < 1.29 is 0 Å². The average molecular weight is 226 g/mol. The minimum Gasteiger partial charge on any atom is -0.355 e. The summed E-state index contributed by atoms with van der Waals surface area (Å²) in [6, 6.07) is 1.01. The van der Waals surface area contributed by atoms with Gasteiger partial charge in [-0.15, -0.1) is 0 Å². The SMILES string of the molecule is CC(C)C(=NC(C)(C)C)N(C(C)C)C(C)C. The monoisotopic (exact) mass is 226 g/mol. The number of rotatable bonds is 3. The van der Waals surface area contributed by atoms with Crippen LogP contribution in [0, 0.1) is 5.92 Å². The van der Waals surface area contributed by atoms with Crippen LogP contribution in [-0.2, 0) is 0 Å². The van der Waals surface area contributed by atoms with Crippen LogP contribution in [0.25, 0.3) is 0 Å². The fourth-order valence-corrected chi connectivity index (χ4v) is 1.95. The standard InChI is InChI=1S/C14H30N2/c1-10(2)13(15-14(7,8)9)16(11(3)4)12(5)6/h10-12H,1-9H3. The Balaban J connectivity index is 5.25. The predicted molar refractivity (Wildman–Crippen MR) is 74.1 cm³/mol. The highest BCUT2D eigenvalue weighted by atomic mass is 15.2. The summed E-state index contributed by atoms with van der Waals surface area (Å²) in [5, 5.41) is 0. The smallest absolute Gasteiger partial charge is 0.103 e. The van der Waals surface area contributed by atoms with E-state index in [1.807, 2.05) is 0 Å². The Kier molecular flexibility index (Phi) is 5.51. The highest BCUT2D eigenvalue weighted by Gasteiger charge is 2.22. The van der Waals surface area contributed by atoms with Crippen molar-refractivity contribution in [1.82, 2.24) is 4.90 Å². The third-order valence-electron chi connectivity index (χ3n) is 2.34. The van der Waals surface area contributed by atoms with E-state index < -0.39 is 0 Å². The molecule has 0 saturated heterocycles. The minimum absolute atomic E-state index is 0.00162. The van der Waals surface area contributed by atoms with E-state index in [4.69, 9.17) is 4.99 Å². The average Bonchev–Trinajstić information content (AvgIpc) is 1.98. The lowest BCUT2D eigenvalue weighted by Crippen LogP contribution is -2.45. The molecule has 0 aromatic heterocycles. The summed E-state index contributed by atoms with van der Waals surface area (Å²) in [6.45, 7) is 19.9. The van der Waals surface area contributed by atoms with E-state index in [0.29, 0.717) is 18.0 Å². The quantitative estimate of drug-likeness (QED) is 0.525. The molecule has 0 unspecified atom stereocenters. The second kappa shape index (κ2) is 5.70. The summed E-state index contributed by atoms with van der Waals surface area (Å²) >= 11 is 0. The number of hydrogen-bond donors (Lipinski definition) is 0. The van der Waals surface area contributed by atoms with Crippen molar-refractivity contribution in [3.8, 4) is 0 Å². The molecule has 0 spiro atoms. The van der Waals surface area contributed by atoms with Gasteiger partial charge >= 0.3 is 0 Å². The maximum Gasteiger partial charge on any atom is 0.103 e. The molecule has 0 rings (SSSR count). The lowest BCUT2D eigenvalue weighted by molar-refractivity contribution is 0.276. The molecule has 0 fully saturated rings. The molecule has 0 aromatic rings. The summed E-state index contributed by atoms with van der Waals surface area (Å²) in [5.74, 6) is 1.71. The molecule has 2 heteroatoms. The molecular weight excluding hydrogens is 196 g/mol. The van der Waals surface area contributed by atoms with Gasteiger partial charge in [0.05, 0.1) is 5.54 Å². The second-order valence-corrected chi connectivity index (χ2v) is 6.39. The minimum atomic E-state index is 0.00162. The van der Waals surface area contributed by atoms with Crippen LogP contribution in [0.4, 0.5) is 0 Å². The molecule has 0 N–H and O–H groups in total. The molecule has 0 heterocycles. The molecule has 16 heavy (non-hydrogen) atoms. The predicted octanol–water partition coefficient (Wildman–Crippen LogP) is 3.96. The zero-order chi connectivity index (χ0) is 13.1. The Morgan fingerprint density at radius 1 is 0.875 bits per heavy atom. The van der Waals surface area contributed by atoms with Crippen molar-refractivity contribution in [2.24, 2.45) is 10.9 Å². The summed E-state index contributed by atoms with van der Waals surface area (Å²) in [6.07, 6.45) is 0. The molecular formula is C14H30N2. The van der Waals surface area contributed by atoms with Gasteiger partial charge in [0, 0.05) is 18.0 Å². The largest absolute Gasteiger partial charge is 0.355 e. The van der Waals surface area contributed by atoms with E-state index in [1.165, 1.54) is 5.84 Å². The molecule has 0 aliphatic heterocycles. The lowest BCUT2D eigenvalue weighted by Gasteiger charge is -2.37. The topological polar surface area (TPSA) is 15.6 Å². The third kappa shape index (κ3) is 5.00. The normalized spacial score (nSPS) is 14.1. The number of nitrogens with zero attached hydrogens (tertiary/aromatic N) is 2. The summed E-state index contributed by atoms with van der Waals surface area (Å²) in [4.78, 5) is 7.32. The fraction of sp³-hybridized carbons (Fsp3) is 0.929. The van der Waals surface area contributed by atoms with Crippen LogP contribution in [-0.4, -0.2) is 28.4 Å². The molecule has 0 radical (unpaired) electrons. The van der Waals surface area contributed by atoms with E-state index in [1.54, 1.807) is 0 Å². The highest BCUT2D eigenvalue weighted by molar-refractivity contribution is 5.85. The summed E-state index contributed by atoms with van der Waals surface area (Å²) in [7, 11) is 0. The number of aliphatic imine (C=N–C) groups is 1. The molecule has 0 aromatic carbocycles. The zero-order valence-corrected chi connectivity index (χ0v) is 12.6. The molecule has 2 nitrogen and oxygen atoms in total.